The van der Waals surface area contributed by atoms with Crippen LogP contribution in [0.5, 0.6) is 0 Å². The Morgan fingerprint density at radius 3 is 2.82 bits per heavy atom. The first-order chi connectivity index (χ1) is 5.18. The molecule has 60 valence electrons. The molecular formula is C10H14O. The lowest BCUT2D eigenvalue weighted by atomic mass is 9.71. The summed E-state index contributed by atoms with van der Waals surface area (Å²) >= 11 is 0. The Bertz CT molecular complexity index is 229. The van der Waals surface area contributed by atoms with E-state index in [2.05, 4.69) is 6.92 Å². The molecule has 4 aliphatic rings. The van der Waals surface area contributed by atoms with Crippen LogP contribution in [-0.4, -0.2) is 5.78 Å². The van der Waals surface area contributed by atoms with Crippen LogP contribution >= 0.6 is 0 Å². The van der Waals surface area contributed by atoms with Crippen LogP contribution in [0.4, 0.5) is 0 Å². The maximum Gasteiger partial charge on any atom is 0.139 e. The lowest BCUT2D eigenvalue weighted by molar-refractivity contribution is -0.127. The van der Waals surface area contributed by atoms with Gasteiger partial charge in [0.25, 0.3) is 0 Å². The summed E-state index contributed by atoms with van der Waals surface area (Å²) in [5.41, 5.74) is 0.576. The third-order valence-electron chi connectivity index (χ3n) is 4.13. The number of rotatable bonds is 0. The molecular weight excluding hydrogens is 136 g/mol. The molecule has 4 saturated carbocycles. The molecule has 1 nitrogen and oxygen atoms in total. The molecule has 4 aliphatic carbocycles. The Morgan fingerprint density at radius 2 is 2.18 bits per heavy atom. The van der Waals surface area contributed by atoms with Crippen molar-refractivity contribution in [3.05, 3.63) is 0 Å². The van der Waals surface area contributed by atoms with Gasteiger partial charge in [0, 0.05) is 11.8 Å². The van der Waals surface area contributed by atoms with Gasteiger partial charge in [0.1, 0.15) is 5.78 Å². The summed E-state index contributed by atoms with van der Waals surface area (Å²) in [6, 6.07) is 0. The molecule has 0 aromatic heterocycles. The van der Waals surface area contributed by atoms with E-state index in [1.807, 2.05) is 0 Å². The molecule has 0 aromatic rings. The molecule has 0 N–H and O–H groups in total. The van der Waals surface area contributed by atoms with E-state index in [1.54, 1.807) is 0 Å². The van der Waals surface area contributed by atoms with E-state index >= 15 is 0 Å². The Kier molecular flexibility index (Phi) is 0.875. The molecule has 0 heterocycles. The number of hydrogen-bond donors (Lipinski definition) is 0. The fourth-order valence-electron chi connectivity index (χ4n) is 3.87. The highest BCUT2D eigenvalue weighted by Crippen LogP contribution is 2.62. The zero-order valence-corrected chi connectivity index (χ0v) is 6.97. The summed E-state index contributed by atoms with van der Waals surface area (Å²) in [5.74, 6) is 2.40. The normalized spacial score (nSPS) is 59.4. The van der Waals surface area contributed by atoms with Gasteiger partial charge in [-0.25, -0.2) is 0 Å². The number of carbonyl (C=O) groups is 1. The Morgan fingerprint density at radius 1 is 1.36 bits per heavy atom. The van der Waals surface area contributed by atoms with Gasteiger partial charge in [-0.3, -0.25) is 4.79 Å². The summed E-state index contributed by atoms with van der Waals surface area (Å²) in [6.45, 7) is 2.37. The third kappa shape index (κ3) is 0.605. The van der Waals surface area contributed by atoms with Crippen LogP contribution in [0.1, 0.15) is 32.6 Å². The molecule has 4 atom stereocenters. The summed E-state index contributed by atoms with van der Waals surface area (Å²) in [5, 5.41) is 0. The molecule has 0 saturated heterocycles. The molecule has 4 bridgehead atoms. The highest BCUT2D eigenvalue weighted by Gasteiger charge is 2.58. The molecule has 1 heteroatoms. The van der Waals surface area contributed by atoms with Crippen molar-refractivity contribution in [2.45, 2.75) is 32.6 Å². The van der Waals surface area contributed by atoms with Gasteiger partial charge in [-0.05, 0) is 37.0 Å². The van der Waals surface area contributed by atoms with Crippen molar-refractivity contribution in [2.24, 2.45) is 23.2 Å². The van der Waals surface area contributed by atoms with Crippen molar-refractivity contribution < 1.29 is 4.79 Å². The van der Waals surface area contributed by atoms with Gasteiger partial charge >= 0.3 is 0 Å². The maximum absolute atomic E-state index is 11.6. The zero-order chi connectivity index (χ0) is 7.64. The quantitative estimate of drug-likeness (QED) is 0.516. The van der Waals surface area contributed by atoms with E-state index in [4.69, 9.17) is 0 Å². The van der Waals surface area contributed by atoms with Gasteiger partial charge in [0.15, 0.2) is 0 Å². The summed E-state index contributed by atoms with van der Waals surface area (Å²) < 4.78 is 0. The van der Waals surface area contributed by atoms with Crippen LogP contribution in [0, 0.1) is 23.2 Å². The molecule has 0 spiro atoms. The second kappa shape index (κ2) is 1.55. The van der Waals surface area contributed by atoms with Gasteiger partial charge in [-0.15, -0.1) is 0 Å². The lowest BCUT2D eigenvalue weighted by Gasteiger charge is -2.33. The van der Waals surface area contributed by atoms with Gasteiger partial charge in [-0.1, -0.05) is 6.92 Å². The minimum Gasteiger partial charge on any atom is -0.299 e. The topological polar surface area (TPSA) is 17.1 Å². The van der Waals surface area contributed by atoms with E-state index in [0.717, 1.165) is 5.92 Å². The smallest absolute Gasteiger partial charge is 0.139 e. The molecule has 4 rings (SSSR count). The van der Waals surface area contributed by atoms with Crippen LogP contribution < -0.4 is 0 Å². The van der Waals surface area contributed by atoms with Crippen LogP contribution in [0.25, 0.3) is 0 Å². The standard InChI is InChI=1S/C10H14O/c1-10-3-6-2-7(4-10)9(11)8(6)5-10/h6-8H,2-5H2,1H3. The van der Waals surface area contributed by atoms with E-state index in [9.17, 15) is 4.79 Å². The van der Waals surface area contributed by atoms with Crippen molar-refractivity contribution in [1.29, 1.82) is 0 Å². The predicted molar refractivity (Wildman–Crippen MR) is 42.1 cm³/mol. The molecule has 11 heavy (non-hydrogen) atoms. The van der Waals surface area contributed by atoms with Crippen LogP contribution in [-0.2, 0) is 4.79 Å². The number of Topliss-reactive ketones (excluding diaryl/α,β-unsaturated/α-hetero) is 1. The zero-order valence-electron chi connectivity index (χ0n) is 6.97. The van der Waals surface area contributed by atoms with E-state index < -0.39 is 0 Å². The molecule has 0 aliphatic heterocycles. The maximum atomic E-state index is 11.6. The fraction of sp³-hybridized carbons (Fsp3) is 0.900. The van der Waals surface area contributed by atoms with Crippen molar-refractivity contribution >= 4 is 5.78 Å². The third-order valence-corrected chi connectivity index (χ3v) is 4.13. The number of carbonyl (C=O) groups excluding carboxylic acids is 1. The number of hydrogen-bond acceptors (Lipinski definition) is 1. The highest BCUT2D eigenvalue weighted by molar-refractivity contribution is 5.87. The lowest BCUT2D eigenvalue weighted by Crippen LogP contribution is -2.29. The molecule has 0 radical (unpaired) electrons. The Hall–Kier alpha value is -0.330. The molecule has 4 fully saturated rings. The fourth-order valence-corrected chi connectivity index (χ4v) is 3.87. The van der Waals surface area contributed by atoms with Gasteiger partial charge in [0.05, 0.1) is 0 Å². The summed E-state index contributed by atoms with van der Waals surface area (Å²) in [4.78, 5) is 11.6. The average Bonchev–Trinajstić information content (AvgIpc) is 2.27. The summed E-state index contributed by atoms with van der Waals surface area (Å²) in [6.07, 6.45) is 5.00. The van der Waals surface area contributed by atoms with Crippen LogP contribution in [0.15, 0.2) is 0 Å². The number of ketones is 1. The highest BCUT2D eigenvalue weighted by atomic mass is 16.1. The van der Waals surface area contributed by atoms with Crippen molar-refractivity contribution in [2.75, 3.05) is 0 Å². The first-order valence-electron chi connectivity index (χ1n) is 4.72. The van der Waals surface area contributed by atoms with Gasteiger partial charge in [0.2, 0.25) is 0 Å². The average molecular weight is 150 g/mol. The first-order valence-corrected chi connectivity index (χ1v) is 4.72. The van der Waals surface area contributed by atoms with Crippen LogP contribution in [0.3, 0.4) is 0 Å². The molecule has 4 unspecified atom stereocenters. The summed E-state index contributed by atoms with van der Waals surface area (Å²) in [7, 11) is 0. The second-order valence-corrected chi connectivity index (χ2v) is 5.12. The van der Waals surface area contributed by atoms with E-state index in [1.165, 1.54) is 25.7 Å². The largest absolute Gasteiger partial charge is 0.299 e. The second-order valence-electron chi connectivity index (χ2n) is 5.12. The van der Waals surface area contributed by atoms with E-state index in [-0.39, 0.29) is 0 Å². The Labute approximate surface area is 67.2 Å². The SMILES string of the molecule is CC12CC3CC(C1)C(C2)C3=O. The minimum atomic E-state index is 0.484. The minimum absolute atomic E-state index is 0.484. The monoisotopic (exact) mass is 150 g/mol. The molecule has 0 amide bonds. The van der Waals surface area contributed by atoms with E-state index in [0.29, 0.717) is 23.0 Å². The van der Waals surface area contributed by atoms with Crippen molar-refractivity contribution in [3.63, 3.8) is 0 Å². The Balaban J connectivity index is 2.06. The van der Waals surface area contributed by atoms with Crippen molar-refractivity contribution in [3.8, 4) is 0 Å². The van der Waals surface area contributed by atoms with Gasteiger partial charge in [-0.2, -0.15) is 0 Å². The predicted octanol–water partition coefficient (Wildman–Crippen LogP) is 2.01. The van der Waals surface area contributed by atoms with Crippen LogP contribution in [0.2, 0.25) is 0 Å². The van der Waals surface area contributed by atoms with Crippen molar-refractivity contribution in [1.82, 2.24) is 0 Å². The molecule has 0 aromatic carbocycles. The van der Waals surface area contributed by atoms with Gasteiger partial charge < -0.3 is 0 Å². The first kappa shape index (κ1) is 6.22.